The number of piperidine rings is 1. The number of hydrogen-bond acceptors (Lipinski definition) is 5. The first-order valence-electron chi connectivity index (χ1n) is 11.3. The number of halogens is 1. The van der Waals surface area contributed by atoms with E-state index in [1.54, 1.807) is 18.3 Å². The number of nitrogens with one attached hydrogen (secondary N) is 2. The van der Waals surface area contributed by atoms with Crippen molar-refractivity contribution in [1.29, 1.82) is 5.26 Å². The van der Waals surface area contributed by atoms with Crippen molar-refractivity contribution in [3.63, 3.8) is 0 Å². The Morgan fingerprint density at radius 1 is 1.31 bits per heavy atom. The van der Waals surface area contributed by atoms with Crippen molar-refractivity contribution >= 4 is 35.3 Å². The van der Waals surface area contributed by atoms with Crippen LogP contribution in [-0.2, 0) is 20.8 Å². The second-order valence-corrected chi connectivity index (χ2v) is 9.51. The summed E-state index contributed by atoms with van der Waals surface area (Å²) in [5, 5.41) is 15.7. The molecule has 7 nitrogen and oxygen atoms in total. The Balaban J connectivity index is 1.38. The average molecular weight is 455 g/mol. The van der Waals surface area contributed by atoms with Gasteiger partial charge in [0.25, 0.3) is 0 Å². The fourth-order valence-electron chi connectivity index (χ4n) is 4.52. The molecular formula is C24H27ClN4O3. The van der Waals surface area contributed by atoms with Gasteiger partial charge in [-0.25, -0.2) is 4.98 Å². The first-order chi connectivity index (χ1) is 15.4. The summed E-state index contributed by atoms with van der Waals surface area (Å²) in [7, 11) is 0. The van der Waals surface area contributed by atoms with Crippen molar-refractivity contribution in [3.8, 4) is 6.07 Å². The van der Waals surface area contributed by atoms with E-state index in [1.807, 2.05) is 0 Å². The minimum absolute atomic E-state index is 0.0332. The molecule has 2 N–H and O–H groups in total. The molecule has 0 bridgehead atoms. The quantitative estimate of drug-likeness (QED) is 0.557. The van der Waals surface area contributed by atoms with E-state index in [2.05, 4.69) is 21.7 Å². The number of carbonyl (C=O) groups is 3. The maximum Gasteiger partial charge on any atom is 0.248 e. The Morgan fingerprint density at radius 2 is 2.12 bits per heavy atom. The van der Waals surface area contributed by atoms with Gasteiger partial charge in [-0.05, 0) is 54.9 Å². The Kier molecular flexibility index (Phi) is 6.90. The van der Waals surface area contributed by atoms with Crippen LogP contribution < -0.4 is 10.6 Å². The van der Waals surface area contributed by atoms with Gasteiger partial charge in [-0.3, -0.25) is 14.4 Å². The topological polar surface area (TPSA) is 112 Å². The van der Waals surface area contributed by atoms with Gasteiger partial charge in [-0.2, -0.15) is 5.26 Å². The molecule has 2 heterocycles. The number of fused-ring (bicyclic) bond motifs is 1. The molecule has 0 aromatic carbocycles. The summed E-state index contributed by atoms with van der Waals surface area (Å²) in [5.41, 5.74) is 2.38. The van der Waals surface area contributed by atoms with Gasteiger partial charge in [-0.15, -0.1) is 0 Å². The van der Waals surface area contributed by atoms with Crippen LogP contribution in [0.15, 0.2) is 17.8 Å². The third-order valence-corrected chi connectivity index (χ3v) is 6.76. The first kappa shape index (κ1) is 22.5. The van der Waals surface area contributed by atoms with E-state index >= 15 is 0 Å². The number of carbonyl (C=O) groups excluding carboxylic acids is 3. The van der Waals surface area contributed by atoms with Crippen LogP contribution in [0.2, 0.25) is 5.15 Å². The second kappa shape index (κ2) is 9.83. The number of nitrogens with zero attached hydrogens (tertiary/aromatic N) is 2. The third kappa shape index (κ3) is 5.55. The smallest absolute Gasteiger partial charge is 0.248 e. The van der Waals surface area contributed by atoms with Crippen molar-refractivity contribution in [2.75, 3.05) is 6.54 Å². The molecule has 1 saturated heterocycles. The normalized spacial score (nSPS) is 21.6. The number of pyridine rings is 1. The second-order valence-electron chi connectivity index (χ2n) is 9.12. The van der Waals surface area contributed by atoms with Crippen molar-refractivity contribution in [3.05, 3.63) is 34.1 Å². The van der Waals surface area contributed by atoms with Gasteiger partial charge in [0, 0.05) is 37.1 Å². The van der Waals surface area contributed by atoms with Crippen LogP contribution in [0.3, 0.4) is 0 Å². The molecule has 2 aliphatic carbocycles. The fourth-order valence-corrected chi connectivity index (χ4v) is 4.69. The van der Waals surface area contributed by atoms with Gasteiger partial charge >= 0.3 is 0 Å². The highest BCUT2D eigenvalue weighted by Gasteiger charge is 2.33. The molecule has 1 aromatic rings. The van der Waals surface area contributed by atoms with Crippen molar-refractivity contribution in [2.45, 2.75) is 57.4 Å². The number of aromatic nitrogens is 1. The maximum atomic E-state index is 13.1. The lowest BCUT2D eigenvalue weighted by molar-refractivity contribution is -0.128. The molecule has 0 spiro atoms. The predicted octanol–water partition coefficient (Wildman–Crippen LogP) is 2.97. The number of Topliss-reactive ketones (excluding diaryl/α,β-unsaturated/α-hetero) is 1. The van der Waals surface area contributed by atoms with Crippen molar-refractivity contribution in [1.82, 2.24) is 15.6 Å². The number of ketones is 1. The van der Waals surface area contributed by atoms with Gasteiger partial charge in [0.1, 0.15) is 5.15 Å². The average Bonchev–Trinajstić information content (AvgIpc) is 3.49. The van der Waals surface area contributed by atoms with Crippen LogP contribution >= 0.6 is 11.6 Å². The Hall–Kier alpha value is -2.72. The molecule has 32 heavy (non-hydrogen) atoms. The molecule has 3 atom stereocenters. The zero-order chi connectivity index (χ0) is 22.7. The zero-order valence-electron chi connectivity index (χ0n) is 17.9. The lowest BCUT2D eigenvalue weighted by Crippen LogP contribution is -2.43. The summed E-state index contributed by atoms with van der Waals surface area (Å²) in [6.07, 6.45) is 8.69. The molecule has 8 heteroatoms. The standard InChI is InChI=1S/C24H27ClN4O3/c25-22-11-17-9-18(10-19(17)13-28-22)24(32)29-20(7-14-3-4-14)21(30)8-15(12-26)6-16-2-1-5-27-23(16)31/h9,11,13-16,20H,1-8,10H2,(H,27,31)(H,29,32). The highest BCUT2D eigenvalue weighted by molar-refractivity contribution is 6.29. The van der Waals surface area contributed by atoms with E-state index in [-0.39, 0.29) is 29.9 Å². The monoisotopic (exact) mass is 454 g/mol. The molecule has 4 rings (SSSR count). The SMILES string of the molecule is N#CC(CC(=O)C(CC1CC1)NC(=O)C1=Cc2cc(Cl)ncc2C1)CC1CCCNC1=O. The van der Waals surface area contributed by atoms with Crippen LogP contribution in [0.25, 0.3) is 6.08 Å². The molecule has 1 aliphatic heterocycles. The van der Waals surface area contributed by atoms with Crippen LogP contribution in [0.1, 0.15) is 56.1 Å². The van der Waals surface area contributed by atoms with Crippen LogP contribution in [0, 0.1) is 29.1 Å². The molecular weight excluding hydrogens is 428 g/mol. The van der Waals surface area contributed by atoms with Crippen LogP contribution in [0.5, 0.6) is 0 Å². The summed E-state index contributed by atoms with van der Waals surface area (Å²) in [6.45, 7) is 0.670. The van der Waals surface area contributed by atoms with Crippen molar-refractivity contribution in [2.24, 2.45) is 17.8 Å². The Bertz CT molecular complexity index is 995. The van der Waals surface area contributed by atoms with Crippen LogP contribution in [-0.4, -0.2) is 35.2 Å². The first-order valence-corrected chi connectivity index (χ1v) is 11.7. The number of rotatable bonds is 9. The van der Waals surface area contributed by atoms with Gasteiger partial charge in [0.05, 0.1) is 18.0 Å². The van der Waals surface area contributed by atoms with E-state index in [9.17, 15) is 19.6 Å². The summed E-state index contributed by atoms with van der Waals surface area (Å²) >= 11 is 5.94. The molecule has 1 aromatic heterocycles. The summed E-state index contributed by atoms with van der Waals surface area (Å²) in [6, 6.07) is 3.32. The molecule has 3 aliphatic rings. The highest BCUT2D eigenvalue weighted by Crippen LogP contribution is 2.35. The summed E-state index contributed by atoms with van der Waals surface area (Å²) < 4.78 is 0. The lowest BCUT2D eigenvalue weighted by atomic mass is 9.85. The van der Waals surface area contributed by atoms with E-state index < -0.39 is 12.0 Å². The molecule has 2 amide bonds. The van der Waals surface area contributed by atoms with Gasteiger partial charge in [0.2, 0.25) is 11.8 Å². The van der Waals surface area contributed by atoms with Crippen LogP contribution in [0.4, 0.5) is 0 Å². The van der Waals surface area contributed by atoms with Gasteiger partial charge < -0.3 is 10.6 Å². The maximum absolute atomic E-state index is 13.1. The molecule has 0 radical (unpaired) electrons. The summed E-state index contributed by atoms with van der Waals surface area (Å²) in [4.78, 5) is 42.1. The van der Waals surface area contributed by atoms with E-state index in [0.717, 1.165) is 36.8 Å². The van der Waals surface area contributed by atoms with Gasteiger partial charge in [0.15, 0.2) is 5.78 Å². The van der Waals surface area contributed by atoms with E-state index in [1.165, 1.54) is 0 Å². The zero-order valence-corrected chi connectivity index (χ0v) is 18.7. The molecule has 2 fully saturated rings. The van der Waals surface area contributed by atoms with Crippen molar-refractivity contribution < 1.29 is 14.4 Å². The highest BCUT2D eigenvalue weighted by atomic mass is 35.5. The lowest BCUT2D eigenvalue weighted by Gasteiger charge is -2.24. The minimum Gasteiger partial charge on any atom is -0.356 e. The molecule has 1 saturated carbocycles. The predicted molar refractivity (Wildman–Crippen MR) is 119 cm³/mol. The Labute approximate surface area is 192 Å². The largest absolute Gasteiger partial charge is 0.356 e. The van der Waals surface area contributed by atoms with E-state index in [4.69, 9.17) is 11.6 Å². The number of nitriles is 1. The number of hydrogen-bond donors (Lipinski definition) is 2. The summed E-state index contributed by atoms with van der Waals surface area (Å²) in [5.74, 6) is -0.746. The number of amides is 2. The van der Waals surface area contributed by atoms with E-state index in [0.29, 0.717) is 42.5 Å². The van der Waals surface area contributed by atoms with Gasteiger partial charge in [-0.1, -0.05) is 24.4 Å². The fraction of sp³-hybridized carbons (Fsp3) is 0.542. The Morgan fingerprint density at radius 3 is 2.84 bits per heavy atom. The third-order valence-electron chi connectivity index (χ3n) is 6.55. The molecule has 3 unspecified atom stereocenters. The minimum atomic E-state index is -0.614. The molecule has 168 valence electrons.